The van der Waals surface area contributed by atoms with Gasteiger partial charge in [0.25, 0.3) is 0 Å². The van der Waals surface area contributed by atoms with Crippen LogP contribution in [0.1, 0.15) is 24.8 Å². The number of aromatic nitrogens is 1. The molecule has 1 fully saturated rings. The van der Waals surface area contributed by atoms with Crippen LogP contribution in [0.25, 0.3) is 11.1 Å². The lowest BCUT2D eigenvalue weighted by molar-refractivity contribution is 0.410. The van der Waals surface area contributed by atoms with Crippen LogP contribution in [-0.2, 0) is 6.54 Å². The average Bonchev–Trinajstić information content (AvgIpc) is 2.64. The third-order valence-electron chi connectivity index (χ3n) is 3.72. The normalized spacial score (nSPS) is 13.9. The van der Waals surface area contributed by atoms with E-state index in [0.717, 1.165) is 22.4 Å². The fraction of sp³-hybridized carbons (Fsp3) is 0.389. The molecule has 22 heavy (non-hydrogen) atoms. The number of methoxy groups -OCH3 is 1. The second-order valence-electron chi connectivity index (χ2n) is 5.28. The molecule has 2 aromatic rings. The van der Waals surface area contributed by atoms with Crippen molar-refractivity contribution in [1.82, 2.24) is 10.3 Å². The van der Waals surface area contributed by atoms with Crippen LogP contribution in [0.15, 0.2) is 42.7 Å². The lowest BCUT2D eigenvalue weighted by Gasteiger charge is -2.09. The highest BCUT2D eigenvalue weighted by atomic mass is 16.5. The van der Waals surface area contributed by atoms with E-state index in [1.54, 1.807) is 19.5 Å². The molecule has 1 aromatic carbocycles. The zero-order chi connectivity index (χ0) is 15.6. The smallest absolute Gasteiger partial charge is 0.123 e. The highest BCUT2D eigenvalue weighted by Gasteiger charge is 2.04. The summed E-state index contributed by atoms with van der Waals surface area (Å²) in [7, 11) is 1.65. The average molecular weight is 299 g/mol. The topological polar surface area (TPSA) is 60.2 Å². The molecule has 0 saturated carbocycles. The van der Waals surface area contributed by atoms with Crippen molar-refractivity contribution in [2.75, 3.05) is 20.2 Å². The van der Waals surface area contributed by atoms with E-state index in [2.05, 4.69) is 10.3 Å². The molecule has 0 aliphatic carbocycles. The highest BCUT2D eigenvalue weighted by molar-refractivity contribution is 5.65. The molecule has 1 aliphatic heterocycles. The van der Waals surface area contributed by atoms with Crippen LogP contribution < -0.4 is 15.8 Å². The maximum absolute atomic E-state index is 5.68. The van der Waals surface area contributed by atoms with Gasteiger partial charge in [0.1, 0.15) is 5.75 Å². The summed E-state index contributed by atoms with van der Waals surface area (Å²) in [5.41, 5.74) is 8.95. The Kier molecular flexibility index (Phi) is 6.87. The van der Waals surface area contributed by atoms with Gasteiger partial charge >= 0.3 is 0 Å². The van der Waals surface area contributed by atoms with Gasteiger partial charge in [0.05, 0.1) is 7.11 Å². The number of nitrogens with zero attached hydrogens (tertiary/aromatic N) is 1. The van der Waals surface area contributed by atoms with Crippen LogP contribution in [0, 0.1) is 0 Å². The molecule has 0 radical (unpaired) electrons. The fourth-order valence-electron chi connectivity index (χ4n) is 2.46. The molecule has 4 nitrogen and oxygen atoms in total. The van der Waals surface area contributed by atoms with E-state index in [1.807, 2.05) is 30.3 Å². The number of nitrogens with two attached hydrogens (primary N) is 1. The van der Waals surface area contributed by atoms with Crippen molar-refractivity contribution in [2.24, 2.45) is 5.73 Å². The van der Waals surface area contributed by atoms with Crippen molar-refractivity contribution in [3.05, 3.63) is 48.3 Å². The number of pyridine rings is 1. The van der Waals surface area contributed by atoms with Crippen molar-refractivity contribution < 1.29 is 4.74 Å². The van der Waals surface area contributed by atoms with Crippen molar-refractivity contribution in [3.8, 4) is 16.9 Å². The van der Waals surface area contributed by atoms with E-state index < -0.39 is 0 Å². The minimum absolute atomic E-state index is 0.474. The van der Waals surface area contributed by atoms with Gasteiger partial charge in [0.15, 0.2) is 0 Å². The van der Waals surface area contributed by atoms with Crippen LogP contribution in [-0.4, -0.2) is 25.2 Å². The van der Waals surface area contributed by atoms with E-state index in [9.17, 15) is 0 Å². The molecular weight excluding hydrogens is 274 g/mol. The largest absolute Gasteiger partial charge is 0.496 e. The van der Waals surface area contributed by atoms with Gasteiger partial charge in [-0.05, 0) is 61.3 Å². The van der Waals surface area contributed by atoms with Gasteiger partial charge in [-0.1, -0.05) is 12.5 Å². The number of benzene rings is 1. The van der Waals surface area contributed by atoms with E-state index in [0.29, 0.717) is 6.54 Å². The maximum Gasteiger partial charge on any atom is 0.123 e. The Morgan fingerprint density at radius 3 is 2.27 bits per heavy atom. The second-order valence-corrected chi connectivity index (χ2v) is 5.28. The van der Waals surface area contributed by atoms with Crippen LogP contribution >= 0.6 is 0 Å². The molecule has 118 valence electrons. The molecular formula is C18H25N3O. The minimum atomic E-state index is 0.474. The van der Waals surface area contributed by atoms with Gasteiger partial charge in [-0.3, -0.25) is 4.98 Å². The van der Waals surface area contributed by atoms with Gasteiger partial charge in [-0.25, -0.2) is 0 Å². The monoisotopic (exact) mass is 299 g/mol. The molecule has 4 heteroatoms. The van der Waals surface area contributed by atoms with E-state index in [-0.39, 0.29) is 0 Å². The Hall–Kier alpha value is -1.91. The quantitative estimate of drug-likeness (QED) is 0.914. The van der Waals surface area contributed by atoms with Crippen molar-refractivity contribution in [1.29, 1.82) is 0 Å². The molecule has 3 rings (SSSR count). The van der Waals surface area contributed by atoms with Crippen LogP contribution in [0.3, 0.4) is 0 Å². The molecule has 3 N–H and O–H groups in total. The predicted molar refractivity (Wildman–Crippen MR) is 90.8 cm³/mol. The zero-order valence-electron chi connectivity index (χ0n) is 13.2. The van der Waals surface area contributed by atoms with E-state index in [1.165, 1.54) is 32.4 Å². The first-order valence-corrected chi connectivity index (χ1v) is 7.83. The minimum Gasteiger partial charge on any atom is -0.496 e. The highest BCUT2D eigenvalue weighted by Crippen LogP contribution is 2.25. The van der Waals surface area contributed by atoms with Crippen LogP contribution in [0.5, 0.6) is 5.75 Å². The summed E-state index contributed by atoms with van der Waals surface area (Å²) in [5, 5.41) is 3.28. The Bertz CT molecular complexity index is 542. The first-order chi connectivity index (χ1) is 10.8. The lowest BCUT2D eigenvalue weighted by atomic mass is 10.0. The van der Waals surface area contributed by atoms with Crippen molar-refractivity contribution in [2.45, 2.75) is 25.8 Å². The summed E-state index contributed by atoms with van der Waals surface area (Å²) < 4.78 is 5.23. The molecule has 0 amide bonds. The molecule has 0 unspecified atom stereocenters. The Labute approximate surface area is 132 Å². The Balaban J connectivity index is 0.000000246. The maximum atomic E-state index is 5.68. The zero-order valence-corrected chi connectivity index (χ0v) is 13.2. The van der Waals surface area contributed by atoms with Gasteiger partial charge in [0.2, 0.25) is 0 Å². The molecule has 0 spiro atoms. The number of hydrogen-bond donors (Lipinski definition) is 2. The van der Waals surface area contributed by atoms with Gasteiger partial charge in [0, 0.05) is 24.5 Å². The molecule has 0 bridgehead atoms. The van der Waals surface area contributed by atoms with E-state index in [4.69, 9.17) is 10.5 Å². The summed E-state index contributed by atoms with van der Waals surface area (Å²) in [6, 6.07) is 9.96. The van der Waals surface area contributed by atoms with Gasteiger partial charge in [-0.2, -0.15) is 0 Å². The predicted octanol–water partition coefficient (Wildman–Crippen LogP) is 2.98. The van der Waals surface area contributed by atoms with Crippen LogP contribution in [0.4, 0.5) is 0 Å². The number of nitrogens with one attached hydrogen (secondary N) is 1. The molecule has 1 saturated heterocycles. The number of rotatable bonds is 3. The SMILES string of the molecule is C1CCNCC1.COc1ccc(-c2ccncc2)cc1CN. The summed E-state index contributed by atoms with van der Waals surface area (Å²) in [5.74, 6) is 0.834. The lowest BCUT2D eigenvalue weighted by Crippen LogP contribution is -2.21. The molecule has 1 aliphatic rings. The third-order valence-corrected chi connectivity index (χ3v) is 3.72. The standard InChI is InChI=1S/C13H14N2O.C5H11N/c1-16-13-3-2-11(8-12(13)9-14)10-4-6-15-7-5-10;1-2-4-6-5-3-1/h2-8H,9,14H2,1H3;6H,1-5H2. The number of hydrogen-bond acceptors (Lipinski definition) is 4. The molecule has 1 aromatic heterocycles. The fourth-order valence-corrected chi connectivity index (χ4v) is 2.46. The number of piperidine rings is 1. The summed E-state index contributed by atoms with van der Waals surface area (Å²) in [6.07, 6.45) is 7.77. The Morgan fingerprint density at radius 2 is 1.77 bits per heavy atom. The first kappa shape index (κ1) is 16.5. The van der Waals surface area contributed by atoms with E-state index >= 15 is 0 Å². The van der Waals surface area contributed by atoms with Gasteiger partial charge in [-0.15, -0.1) is 0 Å². The first-order valence-electron chi connectivity index (χ1n) is 7.83. The van der Waals surface area contributed by atoms with Crippen LogP contribution in [0.2, 0.25) is 0 Å². The van der Waals surface area contributed by atoms with Crippen molar-refractivity contribution >= 4 is 0 Å². The summed E-state index contributed by atoms with van der Waals surface area (Å²) >= 11 is 0. The third kappa shape index (κ3) is 4.83. The second kappa shape index (κ2) is 9.18. The molecule has 2 heterocycles. The summed E-state index contributed by atoms with van der Waals surface area (Å²) in [6.45, 7) is 2.97. The Morgan fingerprint density at radius 1 is 1.05 bits per heavy atom. The molecule has 0 atom stereocenters. The van der Waals surface area contributed by atoms with Crippen molar-refractivity contribution in [3.63, 3.8) is 0 Å². The number of ether oxygens (including phenoxy) is 1. The summed E-state index contributed by atoms with van der Waals surface area (Å²) in [4.78, 5) is 4.00. The van der Waals surface area contributed by atoms with Gasteiger partial charge < -0.3 is 15.8 Å².